The molecule has 0 aliphatic heterocycles. The van der Waals surface area contributed by atoms with Gasteiger partial charge < -0.3 is 4.90 Å². The molecule has 0 amide bonds. The van der Waals surface area contributed by atoms with E-state index in [1.807, 2.05) is 36.4 Å². The molecule has 0 spiro atoms. The van der Waals surface area contributed by atoms with E-state index in [-0.39, 0.29) is 11.7 Å². The normalized spacial score (nSPS) is 11.7. The fraction of sp³-hybridized carbons (Fsp3) is 0.267. The van der Waals surface area contributed by atoms with E-state index < -0.39 is 4.92 Å². The Morgan fingerprint density at radius 3 is 2.81 bits per heavy atom. The van der Waals surface area contributed by atoms with E-state index in [1.165, 1.54) is 10.9 Å². The lowest BCUT2D eigenvalue weighted by Gasteiger charge is -2.26. The van der Waals surface area contributed by atoms with Crippen LogP contribution in [0, 0.1) is 21.4 Å². The second kappa shape index (κ2) is 6.37. The van der Waals surface area contributed by atoms with Gasteiger partial charge in [0.05, 0.1) is 16.6 Å². The van der Waals surface area contributed by atoms with Crippen molar-refractivity contribution >= 4 is 22.7 Å². The molecule has 21 heavy (non-hydrogen) atoms. The average molecular weight is 301 g/mol. The van der Waals surface area contributed by atoms with Crippen LogP contribution in [0.2, 0.25) is 0 Å². The Hall–Kier alpha value is -2.39. The molecule has 6 heteroatoms. The van der Waals surface area contributed by atoms with Crippen LogP contribution in [-0.2, 0) is 6.42 Å². The first kappa shape index (κ1) is 15.0. The van der Waals surface area contributed by atoms with E-state index in [0.29, 0.717) is 11.3 Å². The summed E-state index contributed by atoms with van der Waals surface area (Å²) in [6, 6.07) is 10.7. The number of rotatable bonds is 5. The fourth-order valence-electron chi connectivity index (χ4n) is 2.13. The average Bonchev–Trinajstić information content (AvgIpc) is 2.98. The van der Waals surface area contributed by atoms with Gasteiger partial charge in [0, 0.05) is 30.5 Å². The van der Waals surface area contributed by atoms with Crippen LogP contribution in [-0.4, -0.2) is 18.0 Å². The molecule has 0 N–H and O–H groups in total. The maximum Gasteiger partial charge on any atom is 0.293 e. The number of benzene rings is 1. The van der Waals surface area contributed by atoms with Crippen LogP contribution in [0.1, 0.15) is 17.4 Å². The van der Waals surface area contributed by atoms with Crippen molar-refractivity contribution in [2.75, 3.05) is 11.9 Å². The summed E-state index contributed by atoms with van der Waals surface area (Å²) in [5, 5.41) is 22.1. The van der Waals surface area contributed by atoms with Gasteiger partial charge in [0.15, 0.2) is 0 Å². The van der Waals surface area contributed by atoms with Gasteiger partial charge in [-0.05, 0) is 30.5 Å². The molecule has 0 aliphatic carbocycles. The number of nitrogens with zero attached hydrogens (tertiary/aromatic N) is 3. The molecule has 1 atom stereocenters. The summed E-state index contributed by atoms with van der Waals surface area (Å²) in [6.07, 6.45) is 0.825. The Labute approximate surface area is 127 Å². The smallest absolute Gasteiger partial charge is 0.293 e. The number of nitro groups is 1. The number of anilines is 1. The first-order valence-corrected chi connectivity index (χ1v) is 7.34. The standard InChI is InChI=1S/C15H15N3O2S/c1-11(8-13-4-3-7-21-13)17(2)14-6-5-12(10-16)9-15(14)18(19)20/h3-7,9,11H,8H2,1-2H3. The molecule has 2 rings (SSSR count). The number of likely N-dealkylation sites (N-methyl/N-ethyl adjacent to an activating group) is 1. The van der Waals surface area contributed by atoms with Crippen LogP contribution >= 0.6 is 11.3 Å². The highest BCUT2D eigenvalue weighted by Gasteiger charge is 2.21. The first-order valence-electron chi connectivity index (χ1n) is 6.46. The number of hydrogen-bond donors (Lipinski definition) is 0. The lowest BCUT2D eigenvalue weighted by atomic mass is 10.1. The third-order valence-electron chi connectivity index (χ3n) is 3.42. The third-order valence-corrected chi connectivity index (χ3v) is 4.32. The number of nitriles is 1. The van der Waals surface area contributed by atoms with Crippen molar-refractivity contribution in [3.63, 3.8) is 0 Å². The van der Waals surface area contributed by atoms with E-state index in [4.69, 9.17) is 5.26 Å². The van der Waals surface area contributed by atoms with Crippen LogP contribution in [0.25, 0.3) is 0 Å². The quantitative estimate of drug-likeness (QED) is 0.625. The second-order valence-corrected chi connectivity index (χ2v) is 5.85. The van der Waals surface area contributed by atoms with Gasteiger partial charge in [-0.2, -0.15) is 5.26 Å². The molecule has 0 radical (unpaired) electrons. The molecule has 5 nitrogen and oxygen atoms in total. The Bertz CT molecular complexity index is 677. The number of thiophene rings is 1. The molecule has 1 aromatic heterocycles. The monoisotopic (exact) mass is 301 g/mol. The lowest BCUT2D eigenvalue weighted by molar-refractivity contribution is -0.384. The Morgan fingerprint density at radius 2 is 2.24 bits per heavy atom. The SMILES string of the molecule is CC(Cc1cccs1)N(C)c1ccc(C#N)cc1[N+](=O)[O-]. The zero-order valence-corrected chi connectivity index (χ0v) is 12.6. The van der Waals surface area contributed by atoms with Crippen LogP contribution in [0.5, 0.6) is 0 Å². The number of hydrogen-bond acceptors (Lipinski definition) is 5. The van der Waals surface area contributed by atoms with E-state index >= 15 is 0 Å². The highest BCUT2D eigenvalue weighted by molar-refractivity contribution is 7.09. The zero-order valence-electron chi connectivity index (χ0n) is 11.8. The highest BCUT2D eigenvalue weighted by atomic mass is 32.1. The van der Waals surface area contributed by atoms with Crippen LogP contribution in [0.3, 0.4) is 0 Å². The van der Waals surface area contributed by atoms with Gasteiger partial charge in [-0.3, -0.25) is 10.1 Å². The molecule has 1 heterocycles. The largest absolute Gasteiger partial charge is 0.366 e. The minimum atomic E-state index is -0.440. The van der Waals surface area contributed by atoms with Gasteiger partial charge in [0.1, 0.15) is 5.69 Å². The van der Waals surface area contributed by atoms with E-state index in [0.717, 1.165) is 6.42 Å². The summed E-state index contributed by atoms with van der Waals surface area (Å²) in [5.41, 5.74) is 0.794. The minimum absolute atomic E-state index is 0.0328. The molecule has 0 fully saturated rings. The summed E-state index contributed by atoms with van der Waals surface area (Å²) in [6.45, 7) is 2.03. The van der Waals surface area contributed by atoms with Gasteiger partial charge in [-0.15, -0.1) is 11.3 Å². The van der Waals surface area contributed by atoms with Crippen molar-refractivity contribution in [2.24, 2.45) is 0 Å². The highest BCUT2D eigenvalue weighted by Crippen LogP contribution is 2.30. The van der Waals surface area contributed by atoms with Gasteiger partial charge in [0.2, 0.25) is 0 Å². The fourth-order valence-corrected chi connectivity index (χ4v) is 2.96. The molecular formula is C15H15N3O2S. The summed E-state index contributed by atoms with van der Waals surface area (Å²) in [5.74, 6) is 0. The van der Waals surface area contributed by atoms with Crippen LogP contribution in [0.4, 0.5) is 11.4 Å². The van der Waals surface area contributed by atoms with Crippen LogP contribution in [0.15, 0.2) is 35.7 Å². The summed E-state index contributed by atoms with van der Waals surface area (Å²) in [7, 11) is 1.84. The molecule has 0 aliphatic rings. The minimum Gasteiger partial charge on any atom is -0.366 e. The van der Waals surface area contributed by atoms with Crippen LogP contribution < -0.4 is 4.90 Å². The molecule has 0 saturated carbocycles. The van der Waals surface area contributed by atoms with Crippen molar-refractivity contribution in [3.8, 4) is 6.07 Å². The maximum absolute atomic E-state index is 11.2. The van der Waals surface area contributed by atoms with Gasteiger partial charge in [0.25, 0.3) is 5.69 Å². The second-order valence-electron chi connectivity index (χ2n) is 4.82. The Morgan fingerprint density at radius 1 is 1.48 bits per heavy atom. The van der Waals surface area contributed by atoms with Gasteiger partial charge in [-0.1, -0.05) is 6.07 Å². The Kier molecular flexibility index (Phi) is 4.55. The zero-order chi connectivity index (χ0) is 15.4. The molecule has 1 unspecified atom stereocenters. The van der Waals surface area contributed by atoms with E-state index in [1.54, 1.807) is 23.5 Å². The van der Waals surface area contributed by atoms with Crippen molar-refractivity contribution in [1.29, 1.82) is 5.26 Å². The van der Waals surface area contributed by atoms with Gasteiger partial charge in [-0.25, -0.2) is 0 Å². The maximum atomic E-state index is 11.2. The predicted molar refractivity (Wildman–Crippen MR) is 83.7 cm³/mol. The van der Waals surface area contributed by atoms with Gasteiger partial charge >= 0.3 is 0 Å². The van der Waals surface area contributed by atoms with Crippen molar-refractivity contribution in [1.82, 2.24) is 0 Å². The molecule has 2 aromatic rings. The Balaban J connectivity index is 2.27. The molecule has 1 aromatic carbocycles. The molecule has 0 bridgehead atoms. The predicted octanol–water partition coefficient (Wildman–Crippen LogP) is 3.60. The molecule has 108 valence electrons. The van der Waals surface area contributed by atoms with Crippen molar-refractivity contribution in [2.45, 2.75) is 19.4 Å². The van der Waals surface area contributed by atoms with E-state index in [9.17, 15) is 10.1 Å². The molecular weight excluding hydrogens is 286 g/mol. The lowest BCUT2D eigenvalue weighted by Crippen LogP contribution is -2.31. The third kappa shape index (κ3) is 3.38. The first-order chi connectivity index (χ1) is 10.0. The topological polar surface area (TPSA) is 70.2 Å². The summed E-state index contributed by atoms with van der Waals surface area (Å²) in [4.78, 5) is 13.9. The summed E-state index contributed by atoms with van der Waals surface area (Å²) < 4.78 is 0. The number of nitro benzene ring substituents is 1. The van der Waals surface area contributed by atoms with Crippen molar-refractivity contribution in [3.05, 3.63) is 56.3 Å². The van der Waals surface area contributed by atoms with Crippen molar-refractivity contribution < 1.29 is 4.92 Å². The van der Waals surface area contributed by atoms with E-state index in [2.05, 4.69) is 6.07 Å². The summed E-state index contributed by atoms with van der Waals surface area (Å²) >= 11 is 1.68. The molecule has 0 saturated heterocycles.